The van der Waals surface area contributed by atoms with Gasteiger partial charge in [0.25, 0.3) is 0 Å². The molecule has 1 saturated carbocycles. The molecule has 110 valence electrons. The predicted octanol–water partition coefficient (Wildman–Crippen LogP) is 1.89. The van der Waals surface area contributed by atoms with Gasteiger partial charge in [-0.3, -0.25) is 0 Å². The van der Waals surface area contributed by atoms with Gasteiger partial charge in [0.15, 0.2) is 11.5 Å². The van der Waals surface area contributed by atoms with E-state index in [1.165, 1.54) is 5.56 Å². The molecule has 1 aliphatic carbocycles. The minimum absolute atomic E-state index is 0.0922. The molecule has 3 atom stereocenters. The van der Waals surface area contributed by atoms with E-state index in [9.17, 15) is 10.2 Å². The largest absolute Gasteiger partial charge is 0.504 e. The fourth-order valence-electron chi connectivity index (χ4n) is 4.09. The van der Waals surface area contributed by atoms with Gasteiger partial charge in [-0.2, -0.15) is 0 Å². The van der Waals surface area contributed by atoms with Crippen molar-refractivity contribution in [3.05, 3.63) is 23.8 Å². The van der Waals surface area contributed by atoms with Crippen LogP contribution in [-0.4, -0.2) is 48.0 Å². The number of ether oxygens (including phenoxy) is 1. The third-order valence-electron chi connectivity index (χ3n) is 5.25. The average Bonchev–Trinajstić information content (AvgIpc) is 2.78. The number of rotatable bonds is 2. The number of hydrogen-bond acceptors (Lipinski definition) is 4. The molecule has 1 aliphatic heterocycles. The van der Waals surface area contributed by atoms with Gasteiger partial charge in [-0.15, -0.1) is 0 Å². The van der Waals surface area contributed by atoms with Gasteiger partial charge < -0.3 is 19.8 Å². The second kappa shape index (κ2) is 4.93. The van der Waals surface area contributed by atoms with Crippen molar-refractivity contribution < 1.29 is 14.9 Å². The summed E-state index contributed by atoms with van der Waals surface area (Å²) >= 11 is 0. The Morgan fingerprint density at radius 2 is 2.15 bits per heavy atom. The molecule has 0 amide bonds. The lowest BCUT2D eigenvalue weighted by molar-refractivity contribution is 0.0566. The van der Waals surface area contributed by atoms with E-state index in [1.54, 1.807) is 13.2 Å². The zero-order valence-electron chi connectivity index (χ0n) is 12.2. The Balaban J connectivity index is 2.02. The quantitative estimate of drug-likeness (QED) is 0.867. The normalized spacial score (nSPS) is 34.0. The highest BCUT2D eigenvalue weighted by Crippen LogP contribution is 2.49. The number of aliphatic hydroxyl groups is 1. The summed E-state index contributed by atoms with van der Waals surface area (Å²) in [6.45, 7) is 1.06. The zero-order valence-corrected chi connectivity index (χ0v) is 12.2. The van der Waals surface area contributed by atoms with Crippen LogP contribution in [0, 0.1) is 0 Å². The van der Waals surface area contributed by atoms with Crippen molar-refractivity contribution in [2.45, 2.75) is 43.2 Å². The topological polar surface area (TPSA) is 52.9 Å². The van der Waals surface area contributed by atoms with Crippen LogP contribution in [0.2, 0.25) is 0 Å². The maximum absolute atomic E-state index is 9.99. The van der Waals surface area contributed by atoms with Gasteiger partial charge in [0.1, 0.15) is 0 Å². The van der Waals surface area contributed by atoms with Crippen molar-refractivity contribution in [2.24, 2.45) is 0 Å². The van der Waals surface area contributed by atoms with Crippen LogP contribution >= 0.6 is 0 Å². The molecule has 20 heavy (non-hydrogen) atoms. The van der Waals surface area contributed by atoms with Crippen molar-refractivity contribution in [2.75, 3.05) is 20.7 Å². The first-order chi connectivity index (χ1) is 9.56. The van der Waals surface area contributed by atoms with Crippen LogP contribution in [-0.2, 0) is 5.41 Å². The van der Waals surface area contributed by atoms with Crippen LogP contribution in [0.4, 0.5) is 0 Å². The van der Waals surface area contributed by atoms with Crippen LogP contribution in [0.1, 0.15) is 31.2 Å². The molecule has 1 aromatic rings. The van der Waals surface area contributed by atoms with E-state index in [1.807, 2.05) is 12.1 Å². The summed E-state index contributed by atoms with van der Waals surface area (Å²) in [5.74, 6) is 0.725. The highest BCUT2D eigenvalue weighted by Gasteiger charge is 2.50. The third-order valence-corrected chi connectivity index (χ3v) is 5.25. The summed E-state index contributed by atoms with van der Waals surface area (Å²) in [6.07, 6.45) is 3.60. The summed E-state index contributed by atoms with van der Waals surface area (Å²) in [7, 11) is 3.72. The molecule has 0 bridgehead atoms. The first-order valence-corrected chi connectivity index (χ1v) is 7.32. The smallest absolute Gasteiger partial charge is 0.160 e. The summed E-state index contributed by atoms with van der Waals surface area (Å²) < 4.78 is 5.26. The van der Waals surface area contributed by atoms with Crippen molar-refractivity contribution >= 4 is 0 Å². The zero-order chi connectivity index (χ0) is 14.3. The average molecular weight is 277 g/mol. The van der Waals surface area contributed by atoms with E-state index in [2.05, 4.69) is 11.9 Å². The molecular weight excluding hydrogens is 254 g/mol. The number of likely N-dealkylation sites (N-methyl/N-ethyl adjacent to an activating group) is 1. The molecule has 0 aromatic heterocycles. The summed E-state index contributed by atoms with van der Waals surface area (Å²) in [4.78, 5) is 2.36. The SMILES string of the molecule is COc1cc([C@@]23CCC(O)C[C@@H]2N(C)CC3)ccc1O. The standard InChI is InChI=1S/C16H23NO3/c1-17-8-7-16(6-5-12(18)10-15(16)17)11-3-4-13(19)14(9-11)20-2/h3-4,9,12,15,18-19H,5-8,10H2,1-2H3/t12?,15-,16-/m0/s1. The maximum Gasteiger partial charge on any atom is 0.160 e. The summed E-state index contributed by atoms with van der Waals surface area (Å²) in [5.41, 5.74) is 1.32. The Hall–Kier alpha value is -1.26. The molecule has 0 radical (unpaired) electrons. The first kappa shape index (κ1) is 13.7. The van der Waals surface area contributed by atoms with Gasteiger partial charge in [0, 0.05) is 11.5 Å². The van der Waals surface area contributed by atoms with Gasteiger partial charge >= 0.3 is 0 Å². The number of aromatic hydroxyl groups is 1. The molecule has 4 nitrogen and oxygen atoms in total. The number of fused-ring (bicyclic) bond motifs is 1. The molecule has 1 saturated heterocycles. The maximum atomic E-state index is 9.99. The van der Waals surface area contributed by atoms with Crippen molar-refractivity contribution in [1.29, 1.82) is 0 Å². The number of hydrogen-bond donors (Lipinski definition) is 2. The number of phenols is 1. The van der Waals surface area contributed by atoms with E-state index in [0.717, 1.165) is 32.2 Å². The highest BCUT2D eigenvalue weighted by molar-refractivity contribution is 5.45. The Labute approximate surface area is 120 Å². The van der Waals surface area contributed by atoms with Crippen molar-refractivity contribution in [3.63, 3.8) is 0 Å². The van der Waals surface area contributed by atoms with Gasteiger partial charge in [-0.1, -0.05) is 6.07 Å². The predicted molar refractivity (Wildman–Crippen MR) is 77.2 cm³/mol. The Bertz CT molecular complexity index is 504. The molecule has 3 rings (SSSR count). The lowest BCUT2D eigenvalue weighted by Gasteiger charge is -2.43. The monoisotopic (exact) mass is 277 g/mol. The lowest BCUT2D eigenvalue weighted by Crippen LogP contribution is -2.47. The first-order valence-electron chi connectivity index (χ1n) is 7.32. The fourth-order valence-corrected chi connectivity index (χ4v) is 4.09. The molecule has 0 spiro atoms. The van der Waals surface area contributed by atoms with Crippen LogP contribution < -0.4 is 4.74 Å². The third kappa shape index (κ3) is 1.98. The number of phenolic OH excluding ortho intramolecular Hbond substituents is 1. The molecule has 1 aromatic carbocycles. The second-order valence-electron chi connectivity index (χ2n) is 6.22. The van der Waals surface area contributed by atoms with Crippen LogP contribution in [0.3, 0.4) is 0 Å². The van der Waals surface area contributed by atoms with Gasteiger partial charge in [0.2, 0.25) is 0 Å². The number of methoxy groups -OCH3 is 1. The molecule has 4 heteroatoms. The van der Waals surface area contributed by atoms with Crippen molar-refractivity contribution in [1.82, 2.24) is 4.90 Å². The van der Waals surface area contributed by atoms with Gasteiger partial charge in [0.05, 0.1) is 13.2 Å². The Kier molecular flexibility index (Phi) is 3.38. The van der Waals surface area contributed by atoms with E-state index in [4.69, 9.17) is 4.74 Å². The van der Waals surface area contributed by atoms with Crippen molar-refractivity contribution in [3.8, 4) is 11.5 Å². The van der Waals surface area contributed by atoms with E-state index < -0.39 is 0 Å². The molecule has 2 N–H and O–H groups in total. The molecule has 2 aliphatic rings. The minimum atomic E-state index is -0.187. The fraction of sp³-hybridized carbons (Fsp3) is 0.625. The lowest BCUT2D eigenvalue weighted by atomic mass is 9.65. The highest BCUT2D eigenvalue weighted by atomic mass is 16.5. The van der Waals surface area contributed by atoms with E-state index in [0.29, 0.717) is 11.8 Å². The Morgan fingerprint density at radius 3 is 2.90 bits per heavy atom. The molecule has 1 unspecified atom stereocenters. The molecule has 1 heterocycles. The second-order valence-corrected chi connectivity index (χ2v) is 6.22. The van der Waals surface area contributed by atoms with Crippen LogP contribution in [0.15, 0.2) is 18.2 Å². The molecular formula is C16H23NO3. The molecule has 2 fully saturated rings. The van der Waals surface area contributed by atoms with E-state index in [-0.39, 0.29) is 17.3 Å². The van der Waals surface area contributed by atoms with Gasteiger partial charge in [-0.25, -0.2) is 0 Å². The summed E-state index contributed by atoms with van der Waals surface area (Å²) in [5, 5.41) is 19.8. The Morgan fingerprint density at radius 1 is 1.35 bits per heavy atom. The number of nitrogens with zero attached hydrogens (tertiary/aromatic N) is 1. The van der Waals surface area contributed by atoms with Crippen LogP contribution in [0.5, 0.6) is 11.5 Å². The van der Waals surface area contributed by atoms with Crippen LogP contribution in [0.25, 0.3) is 0 Å². The van der Waals surface area contributed by atoms with Gasteiger partial charge in [-0.05, 0) is 57.0 Å². The minimum Gasteiger partial charge on any atom is -0.504 e. The summed E-state index contributed by atoms with van der Waals surface area (Å²) in [6, 6.07) is 6.09. The number of aliphatic hydroxyl groups excluding tert-OH is 1. The number of benzene rings is 1. The van der Waals surface area contributed by atoms with E-state index >= 15 is 0 Å². The number of likely N-dealkylation sites (tertiary alicyclic amines) is 1.